The fraction of sp³-hybridized carbons (Fsp3) is 0.929. The highest BCUT2D eigenvalue weighted by molar-refractivity contribution is 7.99. The van der Waals surface area contributed by atoms with Crippen molar-refractivity contribution in [2.75, 3.05) is 18.1 Å². The molecule has 0 saturated carbocycles. The minimum Gasteiger partial charge on any atom is -0.481 e. The summed E-state index contributed by atoms with van der Waals surface area (Å²) in [4.78, 5) is 11.6. The summed E-state index contributed by atoms with van der Waals surface area (Å²) >= 11 is 1.99. The maximum atomic E-state index is 11.6. The molecular weight excluding hydrogens is 248 g/mol. The summed E-state index contributed by atoms with van der Waals surface area (Å²) in [7, 11) is 0. The highest BCUT2D eigenvalue weighted by Crippen LogP contribution is 2.46. The summed E-state index contributed by atoms with van der Waals surface area (Å²) in [6, 6.07) is 0. The highest BCUT2D eigenvalue weighted by atomic mass is 32.2. The lowest BCUT2D eigenvalue weighted by Gasteiger charge is -2.47. The second-order valence-electron chi connectivity index (χ2n) is 5.91. The van der Waals surface area contributed by atoms with E-state index in [1.54, 1.807) is 0 Å². The molecule has 104 valence electrons. The largest absolute Gasteiger partial charge is 0.481 e. The Balaban J connectivity index is 2.12. The molecule has 1 N–H and O–H groups in total. The molecule has 2 fully saturated rings. The third-order valence-electron chi connectivity index (χ3n) is 5.02. The van der Waals surface area contributed by atoms with Gasteiger partial charge in [-0.15, -0.1) is 0 Å². The van der Waals surface area contributed by atoms with Crippen molar-refractivity contribution < 1.29 is 14.6 Å². The summed E-state index contributed by atoms with van der Waals surface area (Å²) in [6.45, 7) is 4.64. The van der Waals surface area contributed by atoms with Crippen LogP contribution in [0.25, 0.3) is 0 Å². The molecule has 2 aliphatic heterocycles. The van der Waals surface area contributed by atoms with Gasteiger partial charge in [-0.25, -0.2) is 0 Å². The zero-order valence-corrected chi connectivity index (χ0v) is 12.2. The van der Waals surface area contributed by atoms with E-state index in [0.29, 0.717) is 6.42 Å². The zero-order valence-electron chi connectivity index (χ0n) is 11.4. The van der Waals surface area contributed by atoms with Gasteiger partial charge in [-0.3, -0.25) is 4.79 Å². The van der Waals surface area contributed by atoms with Gasteiger partial charge in [0, 0.05) is 6.61 Å². The molecular formula is C14H24O3S. The first kappa shape index (κ1) is 14.2. The van der Waals surface area contributed by atoms with Crippen LogP contribution < -0.4 is 0 Å². The van der Waals surface area contributed by atoms with E-state index in [0.717, 1.165) is 43.8 Å². The number of hydrogen-bond donors (Lipinski definition) is 1. The Morgan fingerprint density at radius 1 is 1.50 bits per heavy atom. The van der Waals surface area contributed by atoms with Gasteiger partial charge in [-0.1, -0.05) is 6.92 Å². The van der Waals surface area contributed by atoms with Gasteiger partial charge in [0.1, 0.15) is 0 Å². The summed E-state index contributed by atoms with van der Waals surface area (Å²) in [6.07, 6.45) is 4.72. The van der Waals surface area contributed by atoms with Gasteiger partial charge in [-0.05, 0) is 56.5 Å². The van der Waals surface area contributed by atoms with E-state index in [-0.39, 0.29) is 11.5 Å². The molecule has 2 aliphatic rings. The first-order valence-corrected chi connectivity index (χ1v) is 8.13. The third-order valence-corrected chi connectivity index (χ3v) is 6.01. The van der Waals surface area contributed by atoms with Crippen LogP contribution in [0.15, 0.2) is 0 Å². The van der Waals surface area contributed by atoms with E-state index in [1.165, 1.54) is 0 Å². The fourth-order valence-electron chi connectivity index (χ4n) is 3.28. The van der Waals surface area contributed by atoms with Gasteiger partial charge in [0.25, 0.3) is 0 Å². The van der Waals surface area contributed by atoms with Gasteiger partial charge >= 0.3 is 5.97 Å². The molecule has 0 bridgehead atoms. The van der Waals surface area contributed by atoms with Crippen molar-refractivity contribution in [2.45, 2.75) is 51.6 Å². The first-order chi connectivity index (χ1) is 8.52. The van der Waals surface area contributed by atoms with Crippen LogP contribution in [-0.2, 0) is 9.53 Å². The normalized spacial score (nSPS) is 30.9. The highest BCUT2D eigenvalue weighted by Gasteiger charge is 2.47. The Morgan fingerprint density at radius 2 is 2.17 bits per heavy atom. The lowest BCUT2D eigenvalue weighted by atomic mass is 9.67. The van der Waals surface area contributed by atoms with E-state index in [2.05, 4.69) is 0 Å². The van der Waals surface area contributed by atoms with Crippen LogP contribution in [0.2, 0.25) is 0 Å². The van der Waals surface area contributed by atoms with Crippen molar-refractivity contribution in [1.82, 2.24) is 0 Å². The number of carbonyl (C=O) groups is 1. The molecule has 1 spiro atoms. The van der Waals surface area contributed by atoms with Crippen LogP contribution in [0.1, 0.15) is 46.0 Å². The summed E-state index contributed by atoms with van der Waals surface area (Å²) in [5.41, 5.74) is -0.596. The van der Waals surface area contributed by atoms with Gasteiger partial charge in [0.05, 0.1) is 11.0 Å². The van der Waals surface area contributed by atoms with Gasteiger partial charge < -0.3 is 9.84 Å². The quantitative estimate of drug-likeness (QED) is 0.857. The molecule has 0 radical (unpaired) electrons. The minimum absolute atomic E-state index is 0.0138. The van der Waals surface area contributed by atoms with E-state index < -0.39 is 11.4 Å². The smallest absolute Gasteiger partial charge is 0.309 e. The molecule has 18 heavy (non-hydrogen) atoms. The standard InChI is InChI=1S/C14H24O3S/c1-3-13(2,12(15)16)11-4-7-17-14(10-11)5-8-18-9-6-14/h11H,3-10H2,1-2H3,(H,15,16). The second kappa shape index (κ2) is 5.41. The predicted octanol–water partition coefficient (Wildman–Crippen LogP) is 3.18. The molecule has 0 aromatic carbocycles. The van der Waals surface area contributed by atoms with Gasteiger partial charge in [0.15, 0.2) is 0 Å². The van der Waals surface area contributed by atoms with E-state index in [4.69, 9.17) is 4.74 Å². The monoisotopic (exact) mass is 272 g/mol. The Hall–Kier alpha value is -0.220. The lowest BCUT2D eigenvalue weighted by Crippen LogP contribution is -2.48. The molecule has 0 aromatic rings. The second-order valence-corrected chi connectivity index (χ2v) is 7.13. The van der Waals surface area contributed by atoms with Crippen LogP contribution in [0.5, 0.6) is 0 Å². The fourth-order valence-corrected chi connectivity index (χ4v) is 4.51. The summed E-state index contributed by atoms with van der Waals surface area (Å²) in [5, 5.41) is 9.53. The first-order valence-electron chi connectivity index (χ1n) is 6.97. The number of rotatable bonds is 3. The van der Waals surface area contributed by atoms with Crippen LogP contribution >= 0.6 is 11.8 Å². The van der Waals surface area contributed by atoms with Crippen molar-refractivity contribution in [3.63, 3.8) is 0 Å². The average Bonchev–Trinajstić information content (AvgIpc) is 2.38. The molecule has 0 amide bonds. The van der Waals surface area contributed by atoms with Gasteiger partial charge in [0.2, 0.25) is 0 Å². The Bertz CT molecular complexity index is 307. The Labute approximate surface area is 114 Å². The number of ether oxygens (including phenoxy) is 1. The van der Waals surface area contributed by atoms with Crippen LogP contribution in [0.3, 0.4) is 0 Å². The van der Waals surface area contributed by atoms with Crippen molar-refractivity contribution >= 4 is 17.7 Å². The number of carboxylic acids is 1. The van der Waals surface area contributed by atoms with Crippen LogP contribution in [0.4, 0.5) is 0 Å². The number of hydrogen-bond acceptors (Lipinski definition) is 3. The number of carboxylic acid groups (broad SMARTS) is 1. The zero-order chi connectivity index (χ0) is 13.2. The Kier molecular flexibility index (Phi) is 4.27. The molecule has 2 unspecified atom stereocenters. The van der Waals surface area contributed by atoms with Crippen LogP contribution in [0, 0.1) is 11.3 Å². The molecule has 0 aromatic heterocycles. The SMILES string of the molecule is CCC(C)(C(=O)O)C1CCOC2(CCSCC2)C1. The number of aliphatic carboxylic acids is 1. The average molecular weight is 272 g/mol. The molecule has 2 rings (SSSR count). The predicted molar refractivity (Wildman–Crippen MR) is 74.0 cm³/mol. The van der Waals surface area contributed by atoms with Crippen LogP contribution in [-0.4, -0.2) is 34.8 Å². The number of thioether (sulfide) groups is 1. The van der Waals surface area contributed by atoms with Crippen molar-refractivity contribution in [2.24, 2.45) is 11.3 Å². The van der Waals surface area contributed by atoms with E-state index in [1.807, 2.05) is 25.6 Å². The topological polar surface area (TPSA) is 46.5 Å². The van der Waals surface area contributed by atoms with E-state index in [9.17, 15) is 9.90 Å². The molecule has 2 saturated heterocycles. The summed E-state index contributed by atoms with van der Waals surface area (Å²) < 4.78 is 6.05. The molecule has 2 atom stereocenters. The molecule has 2 heterocycles. The Morgan fingerprint density at radius 3 is 2.72 bits per heavy atom. The maximum absolute atomic E-state index is 11.6. The maximum Gasteiger partial charge on any atom is 0.309 e. The van der Waals surface area contributed by atoms with Crippen molar-refractivity contribution in [3.05, 3.63) is 0 Å². The molecule has 3 nitrogen and oxygen atoms in total. The lowest BCUT2D eigenvalue weighted by molar-refractivity contribution is -0.163. The third kappa shape index (κ3) is 2.55. The van der Waals surface area contributed by atoms with Crippen molar-refractivity contribution in [3.8, 4) is 0 Å². The molecule has 0 aliphatic carbocycles. The van der Waals surface area contributed by atoms with E-state index >= 15 is 0 Å². The minimum atomic E-state index is -0.641. The summed E-state index contributed by atoms with van der Waals surface area (Å²) in [5.74, 6) is 1.93. The van der Waals surface area contributed by atoms with Gasteiger partial charge in [-0.2, -0.15) is 11.8 Å². The van der Waals surface area contributed by atoms with Crippen molar-refractivity contribution in [1.29, 1.82) is 0 Å². The molecule has 4 heteroatoms.